The predicted molar refractivity (Wildman–Crippen MR) is 124 cm³/mol. The second kappa shape index (κ2) is 22.6. The minimum Gasteiger partial charge on any atom is -0.463 e. The molecule has 0 aliphatic rings. The third kappa shape index (κ3) is 21.0. The molecule has 7 nitrogen and oxygen atoms in total. The summed E-state index contributed by atoms with van der Waals surface area (Å²) < 4.78 is 20.7. The second-order valence-electron chi connectivity index (χ2n) is 8.36. The smallest absolute Gasteiger partial charge is 0.305 e. The van der Waals surface area contributed by atoms with Gasteiger partial charge in [-0.05, 0) is 6.42 Å². The molecular formula is C23H46NO6P. The molecule has 0 aliphatic heterocycles. The molecule has 0 radical (unpaired) electrons. The molecule has 184 valence electrons. The van der Waals surface area contributed by atoms with Crippen molar-refractivity contribution in [3.63, 3.8) is 0 Å². The molecule has 3 atom stereocenters. The van der Waals surface area contributed by atoms with Crippen LogP contribution in [0.2, 0.25) is 0 Å². The molecule has 0 aliphatic carbocycles. The van der Waals surface area contributed by atoms with Gasteiger partial charge in [0, 0.05) is 6.42 Å². The molecule has 0 aromatic rings. The number of aliphatic hydroxyl groups excluding tert-OH is 2. The van der Waals surface area contributed by atoms with E-state index >= 15 is 0 Å². The molecule has 0 aromatic heterocycles. The zero-order valence-corrected chi connectivity index (χ0v) is 20.4. The molecule has 3 unspecified atom stereocenters. The summed E-state index contributed by atoms with van der Waals surface area (Å²) in [6.45, 7) is 1.84. The molecule has 0 bridgehead atoms. The molecular weight excluding hydrogens is 417 g/mol. The molecule has 0 aromatic carbocycles. The lowest BCUT2D eigenvalue weighted by Crippen LogP contribution is -2.35. The zero-order chi connectivity index (χ0) is 23.2. The number of unbranched alkanes of at least 4 members (excludes halogenated alkanes) is 14. The van der Waals surface area contributed by atoms with E-state index in [2.05, 4.69) is 6.92 Å². The highest BCUT2D eigenvalue weighted by Gasteiger charge is 2.18. The Morgan fingerprint density at radius 1 is 0.806 bits per heavy atom. The van der Waals surface area contributed by atoms with E-state index < -0.39 is 26.6 Å². The van der Waals surface area contributed by atoms with E-state index in [9.17, 15) is 14.5 Å². The number of rotatable bonds is 23. The van der Waals surface area contributed by atoms with Gasteiger partial charge < -0.3 is 25.4 Å². The SMILES string of the molecule is CCCCCCCCCCCCCCCCCC(=O)OCC(O)COC(P=O)C(N)O. The van der Waals surface area contributed by atoms with Crippen molar-refractivity contribution in [2.24, 2.45) is 5.73 Å². The largest absolute Gasteiger partial charge is 0.463 e. The maximum Gasteiger partial charge on any atom is 0.305 e. The van der Waals surface area contributed by atoms with Crippen molar-refractivity contribution >= 4 is 14.4 Å². The van der Waals surface area contributed by atoms with Crippen molar-refractivity contribution in [1.29, 1.82) is 0 Å². The number of esters is 1. The minimum atomic E-state index is -1.40. The first-order valence-corrected chi connectivity index (χ1v) is 13.1. The Morgan fingerprint density at radius 3 is 1.68 bits per heavy atom. The van der Waals surface area contributed by atoms with Crippen molar-refractivity contribution in [3.05, 3.63) is 0 Å². The average Bonchev–Trinajstić information content (AvgIpc) is 2.75. The van der Waals surface area contributed by atoms with Crippen molar-refractivity contribution < 1.29 is 29.0 Å². The number of aliphatic hydroxyl groups is 2. The van der Waals surface area contributed by atoms with Crippen molar-refractivity contribution in [1.82, 2.24) is 0 Å². The van der Waals surface area contributed by atoms with Gasteiger partial charge in [0.05, 0.1) is 6.61 Å². The minimum absolute atomic E-state index is 0.194. The Balaban J connectivity index is 3.38. The average molecular weight is 464 g/mol. The fourth-order valence-corrected chi connectivity index (χ4v) is 3.62. The number of hydrogen-bond donors (Lipinski definition) is 3. The fraction of sp³-hybridized carbons (Fsp3) is 0.957. The summed E-state index contributed by atoms with van der Waals surface area (Å²) in [6.07, 6.45) is 17.0. The van der Waals surface area contributed by atoms with E-state index in [4.69, 9.17) is 20.3 Å². The lowest BCUT2D eigenvalue weighted by molar-refractivity contribution is -0.148. The summed E-state index contributed by atoms with van der Waals surface area (Å²) in [5.41, 5.74) is 5.16. The molecule has 0 saturated carbocycles. The van der Waals surface area contributed by atoms with Gasteiger partial charge in [-0.2, -0.15) is 0 Å². The summed E-state index contributed by atoms with van der Waals surface area (Å²) in [6, 6.07) is 0. The molecule has 0 fully saturated rings. The molecule has 0 saturated heterocycles. The monoisotopic (exact) mass is 463 g/mol. The van der Waals surface area contributed by atoms with Gasteiger partial charge in [0.2, 0.25) is 0 Å². The third-order valence-corrected chi connectivity index (χ3v) is 5.94. The van der Waals surface area contributed by atoms with Gasteiger partial charge in [-0.15, -0.1) is 0 Å². The van der Waals surface area contributed by atoms with Crippen molar-refractivity contribution in [2.45, 2.75) is 128 Å². The Hall–Kier alpha value is -0.590. The van der Waals surface area contributed by atoms with Gasteiger partial charge >= 0.3 is 5.97 Å². The number of nitrogens with two attached hydrogens (primary N) is 1. The molecule has 0 amide bonds. The van der Waals surface area contributed by atoms with E-state index in [1.54, 1.807) is 0 Å². The van der Waals surface area contributed by atoms with Crippen LogP contribution >= 0.6 is 8.46 Å². The van der Waals surface area contributed by atoms with Crippen LogP contribution in [-0.2, 0) is 18.8 Å². The van der Waals surface area contributed by atoms with Gasteiger partial charge in [0.1, 0.15) is 18.9 Å². The maximum atomic E-state index is 11.7. The van der Waals surface area contributed by atoms with Crippen LogP contribution in [0.15, 0.2) is 0 Å². The van der Waals surface area contributed by atoms with Crippen molar-refractivity contribution in [2.75, 3.05) is 13.2 Å². The summed E-state index contributed by atoms with van der Waals surface area (Å²) in [5.74, 6) is -1.45. The Kier molecular flexibility index (Phi) is 22.2. The van der Waals surface area contributed by atoms with Crippen LogP contribution in [0.5, 0.6) is 0 Å². The lowest BCUT2D eigenvalue weighted by Gasteiger charge is -2.16. The highest BCUT2D eigenvalue weighted by atomic mass is 31.1. The standard InChI is InChI=1S/C23H46NO6P/c1-2-3-4-5-6-7-8-9-10-11-12-13-14-15-16-17-21(26)29-18-20(25)19-30-23(31-28)22(24)27/h20,22-23,25,27H,2-19,24H2,1H3. The molecule has 0 heterocycles. The molecule has 0 rings (SSSR count). The van der Waals surface area contributed by atoms with Crippen LogP contribution in [0.3, 0.4) is 0 Å². The van der Waals surface area contributed by atoms with Gasteiger partial charge in [0.25, 0.3) is 0 Å². The van der Waals surface area contributed by atoms with Crippen LogP contribution < -0.4 is 5.73 Å². The predicted octanol–water partition coefficient (Wildman–Crippen LogP) is 5.06. The van der Waals surface area contributed by atoms with Gasteiger partial charge in [-0.3, -0.25) is 9.36 Å². The van der Waals surface area contributed by atoms with Crippen LogP contribution in [0.25, 0.3) is 0 Å². The topological polar surface area (TPSA) is 119 Å². The zero-order valence-electron chi connectivity index (χ0n) is 19.5. The number of carbonyl (C=O) groups is 1. The fourth-order valence-electron chi connectivity index (χ4n) is 3.35. The number of carbonyl (C=O) groups excluding carboxylic acids is 1. The first-order chi connectivity index (χ1) is 15.0. The van der Waals surface area contributed by atoms with Crippen LogP contribution in [0.4, 0.5) is 0 Å². The molecule has 8 heteroatoms. The third-order valence-electron chi connectivity index (χ3n) is 5.28. The molecule has 0 spiro atoms. The summed E-state index contributed by atoms with van der Waals surface area (Å²) >= 11 is 0. The summed E-state index contributed by atoms with van der Waals surface area (Å²) in [4.78, 5) is 11.7. The van der Waals surface area contributed by atoms with Crippen LogP contribution in [0.1, 0.15) is 110 Å². The van der Waals surface area contributed by atoms with E-state index in [0.29, 0.717) is 6.42 Å². The summed E-state index contributed by atoms with van der Waals surface area (Å²) in [5, 5.41) is 18.8. The Morgan fingerprint density at radius 2 is 1.26 bits per heavy atom. The van der Waals surface area contributed by atoms with Gasteiger partial charge in [-0.1, -0.05) is 96.8 Å². The highest BCUT2D eigenvalue weighted by Crippen LogP contribution is 2.14. The highest BCUT2D eigenvalue weighted by molar-refractivity contribution is 7.24. The number of hydrogen-bond acceptors (Lipinski definition) is 7. The van der Waals surface area contributed by atoms with E-state index in [1.165, 1.54) is 77.0 Å². The van der Waals surface area contributed by atoms with Crippen LogP contribution in [0, 0.1) is 0 Å². The molecule has 4 N–H and O–H groups in total. The van der Waals surface area contributed by atoms with Gasteiger partial charge in [-0.25, -0.2) is 0 Å². The Labute approximate surface area is 190 Å². The lowest BCUT2D eigenvalue weighted by atomic mass is 10.0. The second-order valence-corrected chi connectivity index (χ2v) is 9.08. The van der Waals surface area contributed by atoms with E-state index in [-0.39, 0.29) is 19.2 Å². The normalized spacial score (nSPS) is 14.5. The summed E-state index contributed by atoms with van der Waals surface area (Å²) in [7, 11) is -0.468. The van der Waals surface area contributed by atoms with E-state index in [0.717, 1.165) is 19.3 Å². The maximum absolute atomic E-state index is 11.7. The van der Waals surface area contributed by atoms with Crippen LogP contribution in [-0.4, -0.2) is 47.6 Å². The first kappa shape index (κ1) is 30.4. The number of ether oxygens (including phenoxy) is 2. The molecule has 31 heavy (non-hydrogen) atoms. The first-order valence-electron chi connectivity index (χ1n) is 12.2. The Bertz CT molecular complexity index is 425. The quantitative estimate of drug-likeness (QED) is 0.0838. The van der Waals surface area contributed by atoms with Crippen molar-refractivity contribution in [3.8, 4) is 0 Å². The van der Waals surface area contributed by atoms with E-state index in [1.807, 2.05) is 0 Å². The van der Waals surface area contributed by atoms with Gasteiger partial charge in [0.15, 0.2) is 14.3 Å².